The van der Waals surface area contributed by atoms with Crippen LogP contribution >= 0.6 is 11.6 Å². The van der Waals surface area contributed by atoms with Crippen LogP contribution in [0.1, 0.15) is 0 Å². The van der Waals surface area contributed by atoms with E-state index >= 15 is 0 Å². The predicted octanol–water partition coefficient (Wildman–Crippen LogP) is 2.85. The Labute approximate surface area is 112 Å². The maximum absolute atomic E-state index is 13.8. The van der Waals surface area contributed by atoms with Crippen molar-refractivity contribution in [2.45, 2.75) is 0 Å². The number of nitrogen functional groups attached to an aromatic ring is 1. The molecule has 0 amide bonds. The molecule has 0 unspecified atom stereocenters. The smallest absolute Gasteiger partial charge is 0.180 e. The molecule has 1 aromatic carbocycles. The Balaban J connectivity index is 2.10. The number of hydrogen-bond donors (Lipinski definition) is 2. The third-order valence-electron chi connectivity index (χ3n) is 2.60. The quantitative estimate of drug-likeness (QED) is 0.756. The van der Waals surface area contributed by atoms with Gasteiger partial charge >= 0.3 is 0 Å². The van der Waals surface area contributed by atoms with Crippen molar-refractivity contribution in [3.05, 3.63) is 47.6 Å². The van der Waals surface area contributed by atoms with E-state index in [2.05, 4.69) is 15.3 Å². The molecular weight excluding hydrogens is 269 g/mol. The van der Waals surface area contributed by atoms with Crippen LogP contribution in [0, 0.1) is 5.82 Å². The summed E-state index contributed by atoms with van der Waals surface area (Å²) in [5.74, 6) is 0.125. The first-order valence-electron chi connectivity index (χ1n) is 5.45. The molecule has 19 heavy (non-hydrogen) atoms. The number of anilines is 3. The second-order valence-corrected chi connectivity index (χ2v) is 4.31. The SMILES string of the molecule is Nc1cn2ccnc2c(Nc2cccc(Cl)c2F)n1. The number of nitrogens with zero attached hydrogens (tertiary/aromatic N) is 3. The molecule has 0 radical (unpaired) electrons. The normalized spacial score (nSPS) is 10.8. The van der Waals surface area contributed by atoms with Crippen LogP contribution in [0.25, 0.3) is 5.65 Å². The Morgan fingerprint density at radius 3 is 3.05 bits per heavy atom. The van der Waals surface area contributed by atoms with Gasteiger partial charge in [0.2, 0.25) is 0 Å². The highest BCUT2D eigenvalue weighted by Crippen LogP contribution is 2.26. The van der Waals surface area contributed by atoms with Crippen LogP contribution in [-0.4, -0.2) is 14.4 Å². The van der Waals surface area contributed by atoms with Gasteiger partial charge in [0.1, 0.15) is 5.82 Å². The Hall–Kier alpha value is -2.34. The first-order chi connectivity index (χ1) is 9.15. The maximum Gasteiger partial charge on any atom is 0.180 e. The van der Waals surface area contributed by atoms with Crippen molar-refractivity contribution >= 4 is 34.6 Å². The highest BCUT2D eigenvalue weighted by Gasteiger charge is 2.10. The highest BCUT2D eigenvalue weighted by atomic mass is 35.5. The van der Waals surface area contributed by atoms with Crippen molar-refractivity contribution in [3.63, 3.8) is 0 Å². The van der Waals surface area contributed by atoms with Gasteiger partial charge < -0.3 is 15.5 Å². The maximum atomic E-state index is 13.8. The second-order valence-electron chi connectivity index (χ2n) is 3.90. The molecule has 5 nitrogen and oxygen atoms in total. The van der Waals surface area contributed by atoms with E-state index in [9.17, 15) is 4.39 Å². The number of fused-ring (bicyclic) bond motifs is 1. The van der Waals surface area contributed by atoms with Gasteiger partial charge in [0.25, 0.3) is 0 Å². The lowest BCUT2D eigenvalue weighted by Crippen LogP contribution is -2.03. The molecule has 7 heteroatoms. The molecule has 0 saturated carbocycles. The zero-order valence-corrected chi connectivity index (χ0v) is 10.4. The minimum atomic E-state index is -0.543. The van der Waals surface area contributed by atoms with Gasteiger partial charge in [-0.2, -0.15) is 0 Å². The number of hydrogen-bond acceptors (Lipinski definition) is 4. The summed E-state index contributed by atoms with van der Waals surface area (Å²) in [7, 11) is 0. The molecule has 0 spiro atoms. The zero-order valence-electron chi connectivity index (χ0n) is 9.64. The van der Waals surface area contributed by atoms with Gasteiger partial charge in [-0.15, -0.1) is 0 Å². The molecule has 0 fully saturated rings. The van der Waals surface area contributed by atoms with Crippen LogP contribution < -0.4 is 11.1 Å². The van der Waals surface area contributed by atoms with Crippen LogP contribution in [0.3, 0.4) is 0 Å². The van der Waals surface area contributed by atoms with Crippen LogP contribution in [0.4, 0.5) is 21.7 Å². The standard InChI is InChI=1S/C12H9ClFN5/c13-7-2-1-3-8(10(7)14)17-11-12-16-4-5-19(12)6-9(15)18-11/h1-6H,15H2,(H,17,18). The molecule has 0 aliphatic rings. The molecule has 0 atom stereocenters. The Morgan fingerprint density at radius 2 is 2.21 bits per heavy atom. The van der Waals surface area contributed by atoms with Gasteiger partial charge in [-0.25, -0.2) is 14.4 Å². The van der Waals surface area contributed by atoms with E-state index in [0.29, 0.717) is 17.3 Å². The summed E-state index contributed by atoms with van der Waals surface area (Å²) in [6.07, 6.45) is 4.96. The molecule has 0 saturated heterocycles. The molecule has 0 aliphatic carbocycles. The van der Waals surface area contributed by atoms with Crippen molar-refractivity contribution < 1.29 is 4.39 Å². The van der Waals surface area contributed by atoms with Crippen molar-refractivity contribution in [2.75, 3.05) is 11.1 Å². The molecular formula is C12H9ClFN5. The van der Waals surface area contributed by atoms with Gasteiger partial charge in [-0.05, 0) is 12.1 Å². The summed E-state index contributed by atoms with van der Waals surface area (Å²) >= 11 is 5.73. The van der Waals surface area contributed by atoms with E-state index in [-0.39, 0.29) is 10.7 Å². The van der Waals surface area contributed by atoms with Crippen molar-refractivity contribution in [2.24, 2.45) is 0 Å². The summed E-state index contributed by atoms with van der Waals surface area (Å²) in [4.78, 5) is 8.25. The fourth-order valence-corrected chi connectivity index (χ4v) is 1.94. The third kappa shape index (κ3) is 2.06. The average molecular weight is 278 g/mol. The number of benzene rings is 1. The fourth-order valence-electron chi connectivity index (χ4n) is 1.76. The highest BCUT2D eigenvalue weighted by molar-refractivity contribution is 6.31. The monoisotopic (exact) mass is 277 g/mol. The molecule has 2 heterocycles. The number of rotatable bonds is 2. The van der Waals surface area contributed by atoms with E-state index in [0.717, 1.165) is 0 Å². The molecule has 3 rings (SSSR count). The summed E-state index contributed by atoms with van der Waals surface area (Å²) < 4.78 is 15.5. The number of imidazole rings is 1. The minimum absolute atomic E-state index is 0.0354. The third-order valence-corrected chi connectivity index (χ3v) is 2.89. The van der Waals surface area contributed by atoms with E-state index in [1.54, 1.807) is 35.1 Å². The van der Waals surface area contributed by atoms with E-state index in [1.165, 1.54) is 6.07 Å². The average Bonchev–Trinajstić information content (AvgIpc) is 2.83. The lowest BCUT2D eigenvalue weighted by atomic mass is 10.3. The molecule has 3 N–H and O–H groups in total. The topological polar surface area (TPSA) is 68.2 Å². The second kappa shape index (κ2) is 4.40. The van der Waals surface area contributed by atoms with E-state index in [1.807, 2.05) is 0 Å². The summed E-state index contributed by atoms with van der Waals surface area (Å²) in [5.41, 5.74) is 6.45. The Kier molecular flexibility index (Phi) is 2.72. The van der Waals surface area contributed by atoms with Crippen LogP contribution in [0.2, 0.25) is 5.02 Å². The molecule has 0 bridgehead atoms. The van der Waals surface area contributed by atoms with Gasteiger partial charge in [-0.1, -0.05) is 17.7 Å². The van der Waals surface area contributed by atoms with Crippen LogP contribution in [0.15, 0.2) is 36.8 Å². The predicted molar refractivity (Wildman–Crippen MR) is 72.1 cm³/mol. The van der Waals surface area contributed by atoms with Gasteiger partial charge in [0, 0.05) is 12.4 Å². The van der Waals surface area contributed by atoms with Gasteiger partial charge in [0.15, 0.2) is 17.3 Å². The lowest BCUT2D eigenvalue weighted by Gasteiger charge is -2.09. The van der Waals surface area contributed by atoms with Crippen LogP contribution in [0.5, 0.6) is 0 Å². The summed E-state index contributed by atoms with van der Waals surface area (Å²) in [5, 5.41) is 2.88. The van der Waals surface area contributed by atoms with Crippen LogP contribution in [-0.2, 0) is 0 Å². The first-order valence-corrected chi connectivity index (χ1v) is 5.83. The summed E-state index contributed by atoms with van der Waals surface area (Å²) in [6.45, 7) is 0. The number of aromatic nitrogens is 3. The molecule has 2 aromatic heterocycles. The Bertz CT molecular complexity index is 755. The van der Waals surface area contributed by atoms with Gasteiger partial charge in [0.05, 0.1) is 16.9 Å². The van der Waals surface area contributed by atoms with Gasteiger partial charge in [-0.3, -0.25) is 0 Å². The number of halogens is 2. The molecule has 96 valence electrons. The largest absolute Gasteiger partial charge is 0.382 e. The van der Waals surface area contributed by atoms with Crippen molar-refractivity contribution in [1.29, 1.82) is 0 Å². The van der Waals surface area contributed by atoms with E-state index < -0.39 is 5.82 Å². The lowest BCUT2D eigenvalue weighted by molar-refractivity contribution is 0.632. The number of nitrogens with one attached hydrogen (secondary N) is 1. The van der Waals surface area contributed by atoms with Crippen molar-refractivity contribution in [1.82, 2.24) is 14.4 Å². The number of nitrogens with two attached hydrogens (primary N) is 1. The van der Waals surface area contributed by atoms with E-state index in [4.69, 9.17) is 17.3 Å². The Morgan fingerprint density at radius 1 is 1.37 bits per heavy atom. The molecule has 3 aromatic rings. The first kappa shape index (κ1) is 11.7. The van der Waals surface area contributed by atoms with Crippen molar-refractivity contribution in [3.8, 4) is 0 Å². The summed E-state index contributed by atoms with van der Waals surface area (Å²) in [6, 6.07) is 4.67. The zero-order chi connectivity index (χ0) is 13.4. The fraction of sp³-hybridized carbons (Fsp3) is 0. The molecule has 0 aliphatic heterocycles. The minimum Gasteiger partial charge on any atom is -0.382 e.